The lowest BCUT2D eigenvalue weighted by molar-refractivity contribution is -0.127. The lowest BCUT2D eigenvalue weighted by atomic mass is 10.2. The molecule has 0 aromatic carbocycles. The Bertz CT molecular complexity index is 1720. The number of aromatic nitrogens is 6. The van der Waals surface area contributed by atoms with Crippen LogP contribution in [0.25, 0.3) is 22.6 Å². The Morgan fingerprint density at radius 2 is 1.88 bits per heavy atom. The fourth-order valence-electron chi connectivity index (χ4n) is 5.21. The van der Waals surface area contributed by atoms with Gasteiger partial charge in [0.05, 0.1) is 5.56 Å². The van der Waals surface area contributed by atoms with Gasteiger partial charge in [0.1, 0.15) is 17.2 Å². The number of amides is 2. The molecule has 0 saturated carbocycles. The molecule has 1 aliphatic heterocycles. The summed E-state index contributed by atoms with van der Waals surface area (Å²) < 4.78 is 7.88. The normalized spacial score (nSPS) is 13.3. The summed E-state index contributed by atoms with van der Waals surface area (Å²) in [5, 5.41) is 0. The van der Waals surface area contributed by atoms with Gasteiger partial charge in [-0.15, -0.1) is 0 Å². The van der Waals surface area contributed by atoms with Gasteiger partial charge in [-0.3, -0.25) is 33.4 Å². The van der Waals surface area contributed by atoms with Crippen molar-refractivity contribution in [3.05, 3.63) is 68.8 Å². The van der Waals surface area contributed by atoms with Crippen LogP contribution in [0.5, 0.6) is 0 Å². The van der Waals surface area contributed by atoms with Crippen LogP contribution in [0.3, 0.4) is 0 Å². The summed E-state index contributed by atoms with van der Waals surface area (Å²) in [5.74, 6) is 0.582. The summed E-state index contributed by atoms with van der Waals surface area (Å²) in [6.45, 7) is 6.18. The zero-order valence-electron chi connectivity index (χ0n) is 24.7. The van der Waals surface area contributed by atoms with E-state index in [0.717, 1.165) is 12.1 Å². The van der Waals surface area contributed by atoms with Crippen molar-refractivity contribution in [1.82, 2.24) is 34.0 Å². The maximum Gasteiger partial charge on any atom is 0.332 e. The minimum atomic E-state index is -0.423. The standard InChI is InChI=1S/C30H36N8O5/c1-4-12-38-29(41)25-27(37(30(38)42)14-6-17-43-3)34-26(33-25)21-10-11-23(32-18-21)36(16-15-35-13-5-7-24(35)39)28(40)22-9-8-20(2)31-19-22/h8-11,18-19H,4-7,12-17H2,1-3H3,(H,33,34). The van der Waals surface area contributed by atoms with Gasteiger partial charge in [0.25, 0.3) is 11.5 Å². The third-order valence-electron chi connectivity index (χ3n) is 7.50. The highest BCUT2D eigenvalue weighted by Gasteiger charge is 2.25. The number of fused-ring (bicyclic) bond motifs is 1. The molecule has 5 rings (SSSR count). The molecule has 0 spiro atoms. The molecule has 0 atom stereocenters. The Hall–Kier alpha value is -4.65. The van der Waals surface area contributed by atoms with Crippen molar-refractivity contribution >= 4 is 28.8 Å². The van der Waals surface area contributed by atoms with Crippen molar-refractivity contribution in [3.63, 3.8) is 0 Å². The molecule has 1 aliphatic rings. The minimum Gasteiger partial charge on any atom is -0.385 e. The fourth-order valence-corrected chi connectivity index (χ4v) is 5.21. The van der Waals surface area contributed by atoms with E-state index >= 15 is 0 Å². The quantitative estimate of drug-likeness (QED) is 0.248. The Labute approximate surface area is 248 Å². The number of carbonyl (C=O) groups is 2. The first-order valence-corrected chi connectivity index (χ1v) is 14.5. The smallest absolute Gasteiger partial charge is 0.332 e. The molecule has 1 N–H and O–H groups in total. The Kier molecular flexibility index (Phi) is 9.10. The van der Waals surface area contributed by atoms with Gasteiger partial charge in [-0.25, -0.2) is 14.8 Å². The Morgan fingerprint density at radius 1 is 1.05 bits per heavy atom. The monoisotopic (exact) mass is 588 g/mol. The van der Waals surface area contributed by atoms with Gasteiger partial charge >= 0.3 is 5.69 Å². The highest BCUT2D eigenvalue weighted by molar-refractivity contribution is 6.05. The molecule has 13 heteroatoms. The molecule has 0 radical (unpaired) electrons. The van der Waals surface area contributed by atoms with E-state index in [4.69, 9.17) is 4.74 Å². The number of likely N-dealkylation sites (tertiary alicyclic amines) is 1. The number of anilines is 1. The largest absolute Gasteiger partial charge is 0.385 e. The Morgan fingerprint density at radius 3 is 2.53 bits per heavy atom. The van der Waals surface area contributed by atoms with E-state index in [0.29, 0.717) is 74.8 Å². The van der Waals surface area contributed by atoms with Gasteiger partial charge in [0.15, 0.2) is 5.65 Å². The van der Waals surface area contributed by atoms with Crippen LogP contribution in [-0.2, 0) is 22.6 Å². The van der Waals surface area contributed by atoms with E-state index in [-0.39, 0.29) is 29.5 Å². The number of carbonyl (C=O) groups excluding carboxylic acids is 2. The zero-order valence-corrected chi connectivity index (χ0v) is 24.7. The van der Waals surface area contributed by atoms with Gasteiger partial charge < -0.3 is 14.6 Å². The third-order valence-corrected chi connectivity index (χ3v) is 7.50. The topological polar surface area (TPSA) is 148 Å². The van der Waals surface area contributed by atoms with E-state index < -0.39 is 11.2 Å². The van der Waals surface area contributed by atoms with Crippen LogP contribution in [0.1, 0.15) is 48.7 Å². The van der Waals surface area contributed by atoms with E-state index in [9.17, 15) is 19.2 Å². The zero-order chi connectivity index (χ0) is 30.5. The van der Waals surface area contributed by atoms with Crippen molar-refractivity contribution < 1.29 is 14.3 Å². The molecular formula is C30H36N8O5. The van der Waals surface area contributed by atoms with Crippen LogP contribution in [0.15, 0.2) is 46.2 Å². The van der Waals surface area contributed by atoms with E-state index in [1.165, 1.54) is 20.2 Å². The third kappa shape index (κ3) is 6.26. The summed E-state index contributed by atoms with van der Waals surface area (Å²) >= 11 is 0. The molecule has 4 aromatic rings. The SMILES string of the molecule is CCCn1c(=O)c2[nH]c(-c3ccc(N(CCN4CCCC4=O)C(=O)c4ccc(C)nc4)nc3)nc2n(CCCOC)c1=O. The molecular weight excluding hydrogens is 552 g/mol. The first-order chi connectivity index (χ1) is 20.8. The average Bonchev–Trinajstić information content (AvgIpc) is 3.64. The molecule has 2 amide bonds. The first-order valence-electron chi connectivity index (χ1n) is 14.5. The van der Waals surface area contributed by atoms with Crippen LogP contribution in [0.2, 0.25) is 0 Å². The fraction of sp³-hybridized carbons (Fsp3) is 0.433. The van der Waals surface area contributed by atoms with Crippen LogP contribution in [-0.4, -0.2) is 79.1 Å². The number of ether oxygens (including phenoxy) is 1. The molecule has 0 aliphatic carbocycles. The summed E-state index contributed by atoms with van der Waals surface area (Å²) in [4.78, 5) is 72.0. The van der Waals surface area contributed by atoms with Gasteiger partial charge in [-0.1, -0.05) is 6.92 Å². The van der Waals surface area contributed by atoms with E-state index in [1.54, 1.807) is 42.5 Å². The van der Waals surface area contributed by atoms with Gasteiger partial charge in [-0.2, -0.15) is 0 Å². The number of rotatable bonds is 12. The second-order valence-corrected chi connectivity index (χ2v) is 10.6. The molecule has 0 unspecified atom stereocenters. The van der Waals surface area contributed by atoms with Crippen LogP contribution >= 0.6 is 0 Å². The average molecular weight is 589 g/mol. The number of aryl methyl sites for hydroxylation is 2. The molecule has 226 valence electrons. The number of pyridine rings is 2. The van der Waals surface area contributed by atoms with Crippen molar-refractivity contribution in [2.45, 2.75) is 52.6 Å². The maximum absolute atomic E-state index is 13.6. The molecule has 5 heterocycles. The number of hydrogen-bond donors (Lipinski definition) is 1. The van der Waals surface area contributed by atoms with Crippen LogP contribution < -0.4 is 16.1 Å². The maximum atomic E-state index is 13.6. The van der Waals surface area contributed by atoms with Gasteiger partial charge in [-0.05, 0) is 50.5 Å². The van der Waals surface area contributed by atoms with Crippen LogP contribution in [0.4, 0.5) is 5.82 Å². The molecule has 0 bridgehead atoms. The van der Waals surface area contributed by atoms with Gasteiger partial charge in [0.2, 0.25) is 5.91 Å². The summed E-state index contributed by atoms with van der Waals surface area (Å²) in [6.07, 6.45) is 5.64. The number of hydrogen-bond acceptors (Lipinski definition) is 8. The molecule has 43 heavy (non-hydrogen) atoms. The lowest BCUT2D eigenvalue weighted by Gasteiger charge is -2.25. The second-order valence-electron chi connectivity index (χ2n) is 10.6. The number of nitrogens with one attached hydrogen (secondary N) is 1. The highest BCUT2D eigenvalue weighted by Crippen LogP contribution is 2.22. The van der Waals surface area contributed by atoms with Crippen LogP contribution in [0, 0.1) is 6.92 Å². The first kappa shape index (κ1) is 29.8. The van der Waals surface area contributed by atoms with Crippen molar-refractivity contribution in [1.29, 1.82) is 0 Å². The molecule has 4 aromatic heterocycles. The van der Waals surface area contributed by atoms with E-state index in [1.807, 2.05) is 13.8 Å². The molecule has 13 nitrogen and oxygen atoms in total. The number of imidazole rings is 1. The van der Waals surface area contributed by atoms with Crippen molar-refractivity contribution in [3.8, 4) is 11.4 Å². The second kappa shape index (κ2) is 13.1. The predicted octanol–water partition coefficient (Wildman–Crippen LogP) is 2.37. The molecule has 1 fully saturated rings. The number of aromatic amines is 1. The highest BCUT2D eigenvalue weighted by atomic mass is 16.5. The number of H-pyrrole nitrogens is 1. The van der Waals surface area contributed by atoms with E-state index in [2.05, 4.69) is 19.9 Å². The Balaban J connectivity index is 1.48. The van der Waals surface area contributed by atoms with Crippen molar-refractivity contribution in [2.75, 3.05) is 38.3 Å². The summed E-state index contributed by atoms with van der Waals surface area (Å²) in [5.41, 5.74) is 1.48. The summed E-state index contributed by atoms with van der Waals surface area (Å²) in [6, 6.07) is 6.96. The predicted molar refractivity (Wildman–Crippen MR) is 161 cm³/mol. The summed E-state index contributed by atoms with van der Waals surface area (Å²) in [7, 11) is 1.60. The molecule has 1 saturated heterocycles. The van der Waals surface area contributed by atoms with Crippen molar-refractivity contribution in [2.24, 2.45) is 0 Å². The minimum absolute atomic E-state index is 0.0799. The van der Waals surface area contributed by atoms with Gasteiger partial charge in [0, 0.05) is 76.5 Å². The number of nitrogens with zero attached hydrogens (tertiary/aromatic N) is 7. The lowest BCUT2D eigenvalue weighted by Crippen LogP contribution is -2.40. The number of methoxy groups -OCH3 is 1.